The van der Waals surface area contributed by atoms with Crippen LogP contribution < -0.4 is 29.7 Å². The standard InChI is InChI=1S/C15H34N.C9H13N.2ClH/c1-5-6-7-8-9-10-11-12-13-14-15-16(2,3)4;1-10(2)8-9-6-4-3-5-7-9;;/h5-15H2,1-4H3;3-7H,8H2,1-2H3;2*1H/q+1;;;/p-1. The summed E-state index contributed by atoms with van der Waals surface area (Å²) >= 11 is 0. The van der Waals surface area contributed by atoms with Crippen molar-refractivity contribution in [1.29, 1.82) is 0 Å². The van der Waals surface area contributed by atoms with Gasteiger partial charge in [0.15, 0.2) is 0 Å². The van der Waals surface area contributed by atoms with Crippen LogP contribution in [0.5, 0.6) is 0 Å². The van der Waals surface area contributed by atoms with E-state index >= 15 is 0 Å². The molecule has 28 heavy (non-hydrogen) atoms. The van der Waals surface area contributed by atoms with Crippen LogP contribution in [-0.4, -0.2) is 46.3 Å². The third-order valence-electron chi connectivity index (χ3n) is 4.58. The monoisotopic (exact) mass is 434 g/mol. The van der Waals surface area contributed by atoms with Crippen LogP contribution in [0.25, 0.3) is 0 Å². The van der Waals surface area contributed by atoms with E-state index < -0.39 is 0 Å². The fourth-order valence-electron chi connectivity index (χ4n) is 3.08. The van der Waals surface area contributed by atoms with E-state index in [-0.39, 0.29) is 24.8 Å². The molecule has 0 atom stereocenters. The summed E-state index contributed by atoms with van der Waals surface area (Å²) < 4.78 is 1.12. The first-order valence-corrected chi connectivity index (χ1v) is 11.0. The fourth-order valence-corrected chi connectivity index (χ4v) is 3.08. The summed E-state index contributed by atoms with van der Waals surface area (Å²) in [4.78, 5) is 1.46. The Morgan fingerprint density at radius 1 is 0.679 bits per heavy atom. The summed E-state index contributed by atoms with van der Waals surface area (Å²) in [6.07, 6.45) is 14.4. The fraction of sp³-hybridized carbons (Fsp3) is 0.750. The first-order chi connectivity index (χ1) is 12.3. The van der Waals surface area contributed by atoms with Crippen molar-refractivity contribution in [3.63, 3.8) is 0 Å². The number of quaternary nitrogens is 2. The predicted molar refractivity (Wildman–Crippen MR) is 118 cm³/mol. The Morgan fingerprint density at radius 3 is 1.50 bits per heavy atom. The average Bonchev–Trinajstić information content (AvgIpc) is 2.56. The zero-order valence-electron chi connectivity index (χ0n) is 19.6. The number of hydrogen-bond donors (Lipinski definition) is 1. The smallest absolute Gasteiger partial charge is 0.102 e. The molecule has 0 spiro atoms. The van der Waals surface area contributed by atoms with Crippen molar-refractivity contribution in [2.45, 2.75) is 77.7 Å². The molecule has 2 nitrogen and oxygen atoms in total. The minimum absolute atomic E-state index is 0. The molecular formula is C24H48Cl2N2. The molecule has 0 aliphatic heterocycles. The summed E-state index contributed by atoms with van der Waals surface area (Å²) in [5.74, 6) is 0. The minimum atomic E-state index is 0. The molecule has 0 aliphatic rings. The molecule has 168 valence electrons. The van der Waals surface area contributed by atoms with Gasteiger partial charge in [-0.15, -0.1) is 0 Å². The van der Waals surface area contributed by atoms with Crippen LogP contribution in [0.4, 0.5) is 0 Å². The first-order valence-electron chi connectivity index (χ1n) is 11.0. The molecule has 0 saturated heterocycles. The third kappa shape index (κ3) is 25.7. The molecular weight excluding hydrogens is 387 g/mol. The zero-order chi connectivity index (χ0) is 19.7. The van der Waals surface area contributed by atoms with Gasteiger partial charge in [0.25, 0.3) is 0 Å². The second kappa shape index (κ2) is 21.4. The Bertz CT molecular complexity index is 403. The molecule has 0 amide bonds. The van der Waals surface area contributed by atoms with Crippen LogP contribution in [-0.2, 0) is 6.54 Å². The molecule has 0 bridgehead atoms. The van der Waals surface area contributed by atoms with Crippen LogP contribution >= 0.6 is 0 Å². The molecule has 0 unspecified atom stereocenters. The summed E-state index contributed by atoms with van der Waals surface area (Å²) in [7, 11) is 11.2. The van der Waals surface area contributed by atoms with E-state index in [1.807, 2.05) is 0 Å². The van der Waals surface area contributed by atoms with Crippen molar-refractivity contribution >= 4 is 0 Å². The van der Waals surface area contributed by atoms with Crippen LogP contribution in [0.15, 0.2) is 30.3 Å². The highest BCUT2D eigenvalue weighted by Gasteiger charge is 2.04. The molecule has 0 heterocycles. The van der Waals surface area contributed by atoms with Gasteiger partial charge < -0.3 is 34.2 Å². The lowest BCUT2D eigenvalue weighted by Gasteiger charge is -2.23. The predicted octanol–water partition coefficient (Wildman–Crippen LogP) is -1.05. The normalized spacial score (nSPS) is 10.5. The van der Waals surface area contributed by atoms with Gasteiger partial charge in [0.1, 0.15) is 6.54 Å². The lowest BCUT2D eigenvalue weighted by atomic mass is 10.1. The number of unbranched alkanes of at least 4 members (excludes halogenated alkanes) is 9. The van der Waals surface area contributed by atoms with Gasteiger partial charge in [-0.1, -0.05) is 88.6 Å². The quantitative estimate of drug-likeness (QED) is 0.298. The molecule has 1 rings (SSSR count). The zero-order valence-corrected chi connectivity index (χ0v) is 21.1. The van der Waals surface area contributed by atoms with Gasteiger partial charge in [0, 0.05) is 5.56 Å². The number of halogens is 2. The Hall–Kier alpha value is -0.280. The SMILES string of the molecule is CCCCCCCCCCCC[N+](C)(C)C.C[NH+](C)Cc1ccccc1.[Cl-].[Cl-]. The number of rotatable bonds is 13. The third-order valence-corrected chi connectivity index (χ3v) is 4.58. The van der Waals surface area contributed by atoms with Crippen molar-refractivity contribution in [2.24, 2.45) is 0 Å². The van der Waals surface area contributed by atoms with E-state index in [1.165, 1.54) is 81.2 Å². The van der Waals surface area contributed by atoms with E-state index in [0.717, 1.165) is 11.0 Å². The molecule has 1 aromatic rings. The van der Waals surface area contributed by atoms with E-state index in [2.05, 4.69) is 72.5 Å². The molecule has 0 saturated carbocycles. The maximum absolute atomic E-state index is 2.29. The first kappa shape index (κ1) is 32.4. The largest absolute Gasteiger partial charge is 1.00 e. The molecule has 4 heteroatoms. The number of nitrogens with one attached hydrogen (secondary N) is 1. The van der Waals surface area contributed by atoms with Gasteiger partial charge in [0.2, 0.25) is 0 Å². The van der Waals surface area contributed by atoms with Gasteiger partial charge in [-0.2, -0.15) is 0 Å². The van der Waals surface area contributed by atoms with Crippen molar-refractivity contribution in [3.8, 4) is 0 Å². The van der Waals surface area contributed by atoms with Crippen molar-refractivity contribution < 1.29 is 34.2 Å². The molecule has 0 aliphatic carbocycles. The summed E-state index contributed by atoms with van der Waals surface area (Å²) in [6, 6.07) is 10.5. The number of benzene rings is 1. The van der Waals surface area contributed by atoms with E-state index in [9.17, 15) is 0 Å². The van der Waals surface area contributed by atoms with Gasteiger partial charge in [-0.3, -0.25) is 0 Å². The van der Waals surface area contributed by atoms with Crippen molar-refractivity contribution in [2.75, 3.05) is 41.8 Å². The van der Waals surface area contributed by atoms with Crippen LogP contribution in [0.1, 0.15) is 76.7 Å². The van der Waals surface area contributed by atoms with Gasteiger partial charge in [-0.05, 0) is 12.8 Å². The van der Waals surface area contributed by atoms with Crippen LogP contribution in [0.2, 0.25) is 0 Å². The Morgan fingerprint density at radius 2 is 1.11 bits per heavy atom. The highest BCUT2D eigenvalue weighted by molar-refractivity contribution is 5.12. The van der Waals surface area contributed by atoms with Gasteiger partial charge in [-0.25, -0.2) is 0 Å². The minimum Gasteiger partial charge on any atom is -1.00 e. The summed E-state index contributed by atoms with van der Waals surface area (Å²) in [5.41, 5.74) is 1.41. The lowest BCUT2D eigenvalue weighted by Crippen LogP contribution is -3.04. The number of nitrogens with zero attached hydrogens (tertiary/aromatic N) is 1. The Balaban J connectivity index is -0.000000451. The van der Waals surface area contributed by atoms with Crippen molar-refractivity contribution in [1.82, 2.24) is 0 Å². The topological polar surface area (TPSA) is 4.44 Å². The highest BCUT2D eigenvalue weighted by Crippen LogP contribution is 2.11. The van der Waals surface area contributed by atoms with E-state index in [1.54, 1.807) is 0 Å². The highest BCUT2D eigenvalue weighted by atomic mass is 35.5. The molecule has 0 radical (unpaired) electrons. The van der Waals surface area contributed by atoms with Gasteiger partial charge in [0.05, 0.1) is 41.8 Å². The number of hydrogen-bond acceptors (Lipinski definition) is 0. The summed E-state index contributed by atoms with van der Waals surface area (Å²) in [5, 5.41) is 0. The summed E-state index contributed by atoms with van der Waals surface area (Å²) in [6.45, 7) is 4.73. The Labute approximate surface area is 189 Å². The molecule has 1 aromatic carbocycles. The second-order valence-corrected chi connectivity index (χ2v) is 9.07. The second-order valence-electron chi connectivity index (χ2n) is 9.07. The van der Waals surface area contributed by atoms with E-state index in [0.29, 0.717) is 0 Å². The van der Waals surface area contributed by atoms with Crippen LogP contribution in [0, 0.1) is 0 Å². The van der Waals surface area contributed by atoms with Crippen molar-refractivity contribution in [3.05, 3.63) is 35.9 Å². The van der Waals surface area contributed by atoms with Gasteiger partial charge >= 0.3 is 0 Å². The Kier molecular flexibility index (Phi) is 24.8. The molecule has 0 fully saturated rings. The van der Waals surface area contributed by atoms with E-state index in [4.69, 9.17) is 0 Å². The van der Waals surface area contributed by atoms with Crippen LogP contribution in [0.3, 0.4) is 0 Å². The maximum Gasteiger partial charge on any atom is 0.102 e. The molecule has 0 aromatic heterocycles. The molecule has 1 N–H and O–H groups in total. The average molecular weight is 436 g/mol. The lowest BCUT2D eigenvalue weighted by molar-refractivity contribution is -0.872. The maximum atomic E-state index is 2.29.